The van der Waals surface area contributed by atoms with Crippen molar-refractivity contribution in [3.63, 3.8) is 0 Å². The predicted molar refractivity (Wildman–Crippen MR) is 185 cm³/mol. The highest BCUT2D eigenvalue weighted by Gasteiger charge is 2.26. The molecular weight excluding hydrogens is 592 g/mol. The molecule has 0 aliphatic carbocycles. The summed E-state index contributed by atoms with van der Waals surface area (Å²) in [6.07, 6.45) is 2.45. The van der Waals surface area contributed by atoms with E-state index in [0.29, 0.717) is 36.3 Å². The molecule has 0 spiro atoms. The van der Waals surface area contributed by atoms with Crippen LogP contribution in [0.5, 0.6) is 5.75 Å². The molecule has 0 aliphatic heterocycles. The largest absolute Gasteiger partial charge is 0.508 e. The summed E-state index contributed by atoms with van der Waals surface area (Å²) in [5.74, 6) is 5.02. The molecule has 3 amide bonds. The summed E-state index contributed by atoms with van der Waals surface area (Å²) in [5, 5.41) is 26.1. The van der Waals surface area contributed by atoms with E-state index in [-0.39, 0.29) is 36.1 Å². The maximum Gasteiger partial charge on any atom is 0.265 e. The van der Waals surface area contributed by atoms with Gasteiger partial charge in [0, 0.05) is 48.4 Å². The van der Waals surface area contributed by atoms with E-state index in [4.69, 9.17) is 0 Å². The van der Waals surface area contributed by atoms with Crippen molar-refractivity contribution in [3.05, 3.63) is 101 Å². The second kappa shape index (κ2) is 19.1. The van der Waals surface area contributed by atoms with Crippen LogP contribution in [0.15, 0.2) is 72.8 Å². The molecule has 2 atom stereocenters. The third-order valence-electron chi connectivity index (χ3n) is 7.64. The topological polar surface area (TPSA) is 122 Å². The van der Waals surface area contributed by atoms with Crippen LogP contribution in [0.4, 0.5) is 0 Å². The van der Waals surface area contributed by atoms with Crippen molar-refractivity contribution >= 4 is 17.7 Å². The van der Waals surface area contributed by atoms with E-state index in [1.807, 2.05) is 26.8 Å². The summed E-state index contributed by atoms with van der Waals surface area (Å²) in [6.45, 7) is 9.54. The summed E-state index contributed by atoms with van der Waals surface area (Å²) in [4.78, 5) is 42.1. The number of carbonyl (C=O) groups excluding carboxylic acids is 3. The zero-order valence-corrected chi connectivity index (χ0v) is 28.0. The van der Waals surface area contributed by atoms with Gasteiger partial charge in [-0.1, -0.05) is 63.4 Å². The first-order valence-electron chi connectivity index (χ1n) is 16.4. The van der Waals surface area contributed by atoms with Crippen molar-refractivity contribution in [2.24, 2.45) is 0 Å². The van der Waals surface area contributed by atoms with Gasteiger partial charge in [-0.05, 0) is 80.6 Å². The number of unbranched alkanes of at least 4 members (excludes halogenated alkanes) is 1. The summed E-state index contributed by atoms with van der Waals surface area (Å²) < 4.78 is 0. The molecule has 250 valence electrons. The number of nitrogens with one attached hydrogen (secondary N) is 2. The normalized spacial score (nSPS) is 12.0. The van der Waals surface area contributed by atoms with Crippen LogP contribution in [0.1, 0.15) is 95.6 Å². The molecule has 9 nitrogen and oxygen atoms in total. The molecule has 3 rings (SSSR count). The fourth-order valence-corrected chi connectivity index (χ4v) is 5.25. The van der Waals surface area contributed by atoms with Gasteiger partial charge in [0.2, 0.25) is 0 Å². The zero-order chi connectivity index (χ0) is 34.2. The number of carbonyl (C=O) groups is 3. The van der Waals surface area contributed by atoms with Gasteiger partial charge in [0.15, 0.2) is 0 Å². The molecule has 3 aromatic carbocycles. The van der Waals surface area contributed by atoms with Crippen molar-refractivity contribution in [1.82, 2.24) is 20.7 Å². The Hall–Kier alpha value is -4.65. The zero-order valence-electron chi connectivity index (χ0n) is 28.0. The van der Waals surface area contributed by atoms with Crippen molar-refractivity contribution in [3.8, 4) is 17.6 Å². The molecule has 0 fully saturated rings. The Morgan fingerprint density at radius 1 is 0.809 bits per heavy atom. The fourth-order valence-electron chi connectivity index (χ4n) is 5.25. The second-order valence-electron chi connectivity index (χ2n) is 11.6. The van der Waals surface area contributed by atoms with Crippen LogP contribution in [0.2, 0.25) is 0 Å². The first-order chi connectivity index (χ1) is 22.7. The fraction of sp³-hybridized carbons (Fsp3) is 0.395. The number of aliphatic hydroxyl groups excluding tert-OH is 1. The van der Waals surface area contributed by atoms with E-state index in [0.717, 1.165) is 31.2 Å². The lowest BCUT2D eigenvalue weighted by Gasteiger charge is -2.30. The van der Waals surface area contributed by atoms with E-state index in [2.05, 4.69) is 22.6 Å². The summed E-state index contributed by atoms with van der Waals surface area (Å²) in [5.41, 5.74) is 5.37. The van der Waals surface area contributed by atoms with Gasteiger partial charge in [0.1, 0.15) is 5.75 Å². The van der Waals surface area contributed by atoms with Gasteiger partial charge in [-0.25, -0.2) is 5.01 Å². The minimum Gasteiger partial charge on any atom is -0.508 e. The number of hydrogen-bond acceptors (Lipinski definition) is 6. The SMILES string of the molecule is CC#Cc1cc(C(=O)NC(Cc2ccc(O)cc2)C(O)CN(CCCC)NC(=O)c2ccccc2)cc(C(=O)N(CCC)CCC)c1. The molecular formula is C38H48N4O5. The standard InChI is InChI=1S/C38H48N4O5/c1-5-9-22-42(40-37(46)30-14-11-10-12-15-30)27-35(44)34(25-28-16-18-33(43)19-17-28)39-36(45)31-23-29(13-6-2)24-32(26-31)38(47)41(20-7-3)21-8-4/h10-12,14-19,23-24,26,34-35,43-44H,5,7-9,20-22,25,27H2,1-4H3,(H,39,45)(H,40,46). The van der Waals surface area contributed by atoms with Crippen LogP contribution in [0, 0.1) is 11.8 Å². The molecule has 0 aromatic heterocycles. The minimum atomic E-state index is -1.09. The summed E-state index contributed by atoms with van der Waals surface area (Å²) in [6, 6.07) is 19.6. The lowest BCUT2D eigenvalue weighted by atomic mass is 9.99. The van der Waals surface area contributed by atoms with E-state index in [1.54, 1.807) is 83.6 Å². The number of benzene rings is 3. The lowest BCUT2D eigenvalue weighted by Crippen LogP contribution is -2.53. The molecule has 0 saturated heterocycles. The smallest absolute Gasteiger partial charge is 0.265 e. The number of aromatic hydroxyl groups is 1. The number of phenolic OH excluding ortho intramolecular Hbond substituents is 1. The molecule has 4 N–H and O–H groups in total. The number of amides is 3. The number of nitrogens with zero attached hydrogens (tertiary/aromatic N) is 2. The molecule has 47 heavy (non-hydrogen) atoms. The quantitative estimate of drug-likeness (QED) is 0.119. The van der Waals surface area contributed by atoms with Gasteiger partial charge in [-0.2, -0.15) is 0 Å². The summed E-state index contributed by atoms with van der Waals surface area (Å²) in [7, 11) is 0. The van der Waals surface area contributed by atoms with E-state index in [9.17, 15) is 24.6 Å². The Morgan fingerprint density at radius 3 is 2.09 bits per heavy atom. The highest BCUT2D eigenvalue weighted by Crippen LogP contribution is 2.17. The van der Waals surface area contributed by atoms with Gasteiger partial charge in [0.05, 0.1) is 12.1 Å². The van der Waals surface area contributed by atoms with E-state index >= 15 is 0 Å². The van der Waals surface area contributed by atoms with Crippen molar-refractivity contribution < 1.29 is 24.6 Å². The minimum absolute atomic E-state index is 0.0513. The van der Waals surface area contributed by atoms with Crippen LogP contribution in [-0.4, -0.2) is 76.2 Å². The Kier molecular flexibility index (Phi) is 15.0. The van der Waals surface area contributed by atoms with Gasteiger partial charge < -0.3 is 20.4 Å². The van der Waals surface area contributed by atoms with Crippen LogP contribution in [0.25, 0.3) is 0 Å². The molecule has 3 aromatic rings. The second-order valence-corrected chi connectivity index (χ2v) is 11.6. The van der Waals surface area contributed by atoms with Gasteiger partial charge in [-0.15, -0.1) is 5.92 Å². The molecule has 0 saturated carbocycles. The third-order valence-corrected chi connectivity index (χ3v) is 7.64. The maximum absolute atomic E-state index is 13.9. The molecule has 0 aliphatic rings. The Labute approximate surface area is 279 Å². The Balaban J connectivity index is 1.91. The average molecular weight is 641 g/mol. The van der Waals surface area contributed by atoms with E-state index < -0.39 is 18.1 Å². The van der Waals surface area contributed by atoms with Gasteiger partial charge in [0.25, 0.3) is 17.7 Å². The molecule has 0 heterocycles. The third kappa shape index (κ3) is 11.6. The number of aliphatic hydroxyl groups is 1. The molecule has 0 radical (unpaired) electrons. The Bertz CT molecular complexity index is 1510. The van der Waals surface area contributed by atoms with Crippen molar-refractivity contribution in [1.29, 1.82) is 0 Å². The van der Waals surface area contributed by atoms with Crippen molar-refractivity contribution in [2.75, 3.05) is 26.2 Å². The Morgan fingerprint density at radius 2 is 1.47 bits per heavy atom. The lowest BCUT2D eigenvalue weighted by molar-refractivity contribution is 0.0446. The summed E-state index contributed by atoms with van der Waals surface area (Å²) >= 11 is 0. The molecule has 2 unspecified atom stereocenters. The van der Waals surface area contributed by atoms with Gasteiger partial charge in [-0.3, -0.25) is 19.8 Å². The van der Waals surface area contributed by atoms with Crippen LogP contribution < -0.4 is 10.7 Å². The van der Waals surface area contributed by atoms with Crippen LogP contribution in [0.3, 0.4) is 0 Å². The highest BCUT2D eigenvalue weighted by molar-refractivity contribution is 6.00. The first-order valence-corrected chi connectivity index (χ1v) is 16.4. The number of rotatable bonds is 17. The first kappa shape index (κ1) is 36.8. The average Bonchev–Trinajstić information content (AvgIpc) is 3.07. The van der Waals surface area contributed by atoms with Gasteiger partial charge >= 0.3 is 0 Å². The highest BCUT2D eigenvalue weighted by atomic mass is 16.3. The number of phenols is 1. The maximum atomic E-state index is 13.9. The number of hydrogen-bond donors (Lipinski definition) is 4. The van der Waals surface area contributed by atoms with E-state index in [1.165, 1.54) is 0 Å². The van der Waals surface area contributed by atoms with Crippen molar-refractivity contribution in [2.45, 2.75) is 71.9 Å². The molecule has 0 bridgehead atoms. The predicted octanol–water partition coefficient (Wildman–Crippen LogP) is 5.17. The van der Waals surface area contributed by atoms with Crippen LogP contribution >= 0.6 is 0 Å². The van der Waals surface area contributed by atoms with Crippen LogP contribution in [-0.2, 0) is 6.42 Å². The monoisotopic (exact) mass is 640 g/mol. The number of hydrazine groups is 1. The molecule has 9 heteroatoms.